The molecule has 1 aromatic rings. The zero-order valence-corrected chi connectivity index (χ0v) is 10.0. The molecule has 0 bridgehead atoms. The zero-order chi connectivity index (χ0) is 11.7. The molecule has 1 amide bonds. The van der Waals surface area contributed by atoms with Gasteiger partial charge in [-0.2, -0.15) is 4.37 Å². The monoisotopic (exact) mass is 240 g/mol. The number of rotatable bonds is 4. The lowest BCUT2D eigenvalue weighted by Gasteiger charge is -2.32. The quantitative estimate of drug-likeness (QED) is 0.742. The fourth-order valence-corrected chi connectivity index (χ4v) is 2.72. The van der Waals surface area contributed by atoms with Crippen LogP contribution in [0.5, 0.6) is 0 Å². The molecule has 1 aliphatic carbocycles. The third kappa shape index (κ3) is 1.97. The number of amides is 1. The van der Waals surface area contributed by atoms with Crippen LogP contribution in [0.4, 0.5) is 10.8 Å². The number of aromatic nitrogens is 1. The van der Waals surface area contributed by atoms with E-state index in [4.69, 9.17) is 11.5 Å². The van der Waals surface area contributed by atoms with Gasteiger partial charge in [0.15, 0.2) is 5.82 Å². The largest absolute Gasteiger partial charge is 0.382 e. The first-order valence-electron chi connectivity index (χ1n) is 5.41. The number of nitrogens with one attached hydrogen (secondary N) is 1. The van der Waals surface area contributed by atoms with Crippen molar-refractivity contribution in [1.29, 1.82) is 0 Å². The van der Waals surface area contributed by atoms with Crippen molar-refractivity contribution in [3.8, 4) is 0 Å². The fourth-order valence-electron chi connectivity index (χ4n) is 1.90. The summed E-state index contributed by atoms with van der Waals surface area (Å²) in [4.78, 5) is 11.2. The Hall–Kier alpha value is -1.30. The first-order chi connectivity index (χ1) is 7.59. The van der Waals surface area contributed by atoms with Gasteiger partial charge in [-0.25, -0.2) is 0 Å². The Morgan fingerprint density at radius 2 is 2.31 bits per heavy atom. The van der Waals surface area contributed by atoms with Crippen LogP contribution in [0.15, 0.2) is 0 Å². The van der Waals surface area contributed by atoms with Crippen LogP contribution in [-0.4, -0.2) is 16.3 Å². The Morgan fingerprint density at radius 3 is 2.81 bits per heavy atom. The minimum absolute atomic E-state index is 0.223. The normalized spacial score (nSPS) is 17.8. The molecule has 0 aromatic carbocycles. The minimum Gasteiger partial charge on any atom is -0.382 e. The van der Waals surface area contributed by atoms with E-state index in [0.717, 1.165) is 0 Å². The predicted octanol–water partition coefficient (Wildman–Crippen LogP) is 1.42. The average Bonchev–Trinajstić information content (AvgIpc) is 2.43. The summed E-state index contributed by atoms with van der Waals surface area (Å²) in [5.74, 6) is 0.388. The molecule has 0 spiro atoms. The Morgan fingerprint density at radius 1 is 1.62 bits per heavy atom. The molecular weight excluding hydrogens is 224 g/mol. The molecule has 2 rings (SSSR count). The maximum absolute atomic E-state index is 11.2. The summed E-state index contributed by atoms with van der Waals surface area (Å²) in [5.41, 5.74) is 11.2. The van der Waals surface area contributed by atoms with Crippen molar-refractivity contribution >= 4 is 28.3 Å². The van der Waals surface area contributed by atoms with Gasteiger partial charge in [0, 0.05) is 6.04 Å². The number of carbonyl (C=O) groups excluding carboxylic acids is 1. The molecule has 0 aliphatic heterocycles. The van der Waals surface area contributed by atoms with E-state index in [9.17, 15) is 4.79 Å². The first kappa shape index (κ1) is 11.2. The zero-order valence-electron chi connectivity index (χ0n) is 9.19. The van der Waals surface area contributed by atoms with E-state index in [2.05, 4.69) is 16.6 Å². The molecule has 16 heavy (non-hydrogen) atoms. The number of nitrogen functional groups attached to an aromatic ring is 1. The summed E-state index contributed by atoms with van der Waals surface area (Å²) in [6.07, 6.45) is 3.78. The molecule has 1 aromatic heterocycles. The predicted molar refractivity (Wildman–Crippen MR) is 65.5 cm³/mol. The third-order valence-corrected chi connectivity index (χ3v) is 3.97. The highest BCUT2D eigenvalue weighted by Crippen LogP contribution is 2.33. The maximum Gasteiger partial charge on any atom is 0.255 e. The van der Waals surface area contributed by atoms with Gasteiger partial charge in [0.25, 0.3) is 5.91 Å². The molecule has 1 aliphatic rings. The fraction of sp³-hybridized carbons (Fsp3) is 0.600. The number of primary amides is 1. The second-order valence-electron chi connectivity index (χ2n) is 4.26. The van der Waals surface area contributed by atoms with Crippen LogP contribution in [0.2, 0.25) is 0 Å². The van der Waals surface area contributed by atoms with Crippen molar-refractivity contribution in [2.75, 3.05) is 11.1 Å². The van der Waals surface area contributed by atoms with Gasteiger partial charge in [-0.15, -0.1) is 0 Å². The summed E-state index contributed by atoms with van der Waals surface area (Å²) in [5, 5.41) is 3.99. The number of anilines is 2. The molecule has 1 fully saturated rings. The first-order valence-corrected chi connectivity index (χ1v) is 6.18. The molecule has 0 saturated heterocycles. The van der Waals surface area contributed by atoms with E-state index >= 15 is 0 Å². The molecule has 1 unspecified atom stereocenters. The van der Waals surface area contributed by atoms with Crippen LogP contribution in [0.1, 0.15) is 36.5 Å². The van der Waals surface area contributed by atoms with Crippen LogP contribution in [0.25, 0.3) is 0 Å². The highest BCUT2D eigenvalue weighted by molar-refractivity contribution is 7.11. The lowest BCUT2D eigenvalue weighted by atomic mass is 9.80. The number of hydrogen-bond donors (Lipinski definition) is 3. The Bertz CT molecular complexity index is 400. The van der Waals surface area contributed by atoms with E-state index in [1.165, 1.54) is 30.8 Å². The molecule has 1 saturated carbocycles. The molecule has 5 nitrogen and oxygen atoms in total. The van der Waals surface area contributed by atoms with Crippen LogP contribution in [0, 0.1) is 5.92 Å². The highest BCUT2D eigenvalue weighted by Gasteiger charge is 2.26. The standard InChI is InChI=1S/C10H16N4OS/c1-5(6-3-2-4-6)13-10-7(9(12)15)8(11)14-16-10/h5-6,13H,2-4H2,1H3,(H2,11,14)(H2,12,15). The van der Waals surface area contributed by atoms with Crippen molar-refractivity contribution in [2.45, 2.75) is 32.2 Å². The van der Waals surface area contributed by atoms with Gasteiger partial charge in [0.05, 0.1) is 0 Å². The molecule has 1 heterocycles. The molecule has 0 radical (unpaired) electrons. The number of nitrogens with two attached hydrogens (primary N) is 2. The summed E-state index contributed by atoms with van der Waals surface area (Å²) < 4.78 is 3.95. The Labute approximate surface area is 98.4 Å². The lowest BCUT2D eigenvalue weighted by Crippen LogP contribution is -2.31. The van der Waals surface area contributed by atoms with E-state index in [-0.39, 0.29) is 5.82 Å². The van der Waals surface area contributed by atoms with Gasteiger partial charge >= 0.3 is 0 Å². The summed E-state index contributed by atoms with van der Waals surface area (Å²) in [7, 11) is 0. The van der Waals surface area contributed by atoms with Gasteiger partial charge in [-0.05, 0) is 37.2 Å². The SMILES string of the molecule is CC(Nc1snc(N)c1C(N)=O)C1CCC1. The molecule has 88 valence electrons. The van der Waals surface area contributed by atoms with Gasteiger partial charge in [0.1, 0.15) is 10.6 Å². The lowest BCUT2D eigenvalue weighted by molar-refractivity contribution is 0.100. The average molecular weight is 240 g/mol. The van der Waals surface area contributed by atoms with Crippen LogP contribution >= 0.6 is 11.5 Å². The summed E-state index contributed by atoms with van der Waals surface area (Å²) in [6.45, 7) is 2.12. The van der Waals surface area contributed by atoms with Gasteiger partial charge in [0.2, 0.25) is 0 Å². The molecule has 6 heteroatoms. The maximum atomic E-state index is 11.2. The minimum atomic E-state index is -0.519. The van der Waals surface area contributed by atoms with Crippen molar-refractivity contribution in [3.05, 3.63) is 5.56 Å². The third-order valence-electron chi connectivity index (χ3n) is 3.18. The van der Waals surface area contributed by atoms with Gasteiger partial charge in [-0.3, -0.25) is 4.79 Å². The Balaban J connectivity index is 2.11. The second kappa shape index (κ2) is 4.29. The van der Waals surface area contributed by atoms with Crippen molar-refractivity contribution in [2.24, 2.45) is 11.7 Å². The molecule has 1 atom stereocenters. The van der Waals surface area contributed by atoms with Crippen molar-refractivity contribution in [1.82, 2.24) is 4.37 Å². The van der Waals surface area contributed by atoms with Gasteiger partial charge in [-0.1, -0.05) is 6.42 Å². The number of nitrogens with zero attached hydrogens (tertiary/aromatic N) is 1. The van der Waals surface area contributed by atoms with Crippen LogP contribution < -0.4 is 16.8 Å². The van der Waals surface area contributed by atoms with E-state index in [1.54, 1.807) is 0 Å². The summed E-state index contributed by atoms with van der Waals surface area (Å²) in [6, 6.07) is 0.340. The van der Waals surface area contributed by atoms with Gasteiger partial charge < -0.3 is 16.8 Å². The van der Waals surface area contributed by atoms with Crippen molar-refractivity contribution in [3.63, 3.8) is 0 Å². The van der Waals surface area contributed by atoms with Crippen LogP contribution in [0.3, 0.4) is 0 Å². The Kier molecular flexibility index (Phi) is 3.00. The van der Waals surface area contributed by atoms with E-state index in [1.807, 2.05) is 0 Å². The number of hydrogen-bond acceptors (Lipinski definition) is 5. The van der Waals surface area contributed by atoms with Crippen molar-refractivity contribution < 1.29 is 4.79 Å². The van der Waals surface area contributed by atoms with E-state index in [0.29, 0.717) is 22.5 Å². The topological polar surface area (TPSA) is 94.0 Å². The van der Waals surface area contributed by atoms with E-state index < -0.39 is 5.91 Å². The molecular formula is C10H16N4OS. The summed E-state index contributed by atoms with van der Waals surface area (Å²) >= 11 is 1.20. The molecule has 5 N–H and O–H groups in total. The highest BCUT2D eigenvalue weighted by atomic mass is 32.1. The van der Waals surface area contributed by atoms with Crippen LogP contribution in [-0.2, 0) is 0 Å². The number of carbonyl (C=O) groups is 1. The second-order valence-corrected chi connectivity index (χ2v) is 5.03. The smallest absolute Gasteiger partial charge is 0.255 e.